The van der Waals surface area contributed by atoms with Gasteiger partial charge in [0.25, 0.3) is 0 Å². The van der Waals surface area contributed by atoms with Gasteiger partial charge in [0.1, 0.15) is 0 Å². The van der Waals surface area contributed by atoms with Crippen LogP contribution in [0.2, 0.25) is 0 Å². The van der Waals surface area contributed by atoms with Crippen LogP contribution >= 0.6 is 0 Å². The van der Waals surface area contributed by atoms with Gasteiger partial charge in [0.2, 0.25) is 0 Å². The molecule has 2 aromatic rings. The second kappa shape index (κ2) is 4.39. The van der Waals surface area contributed by atoms with E-state index < -0.39 is 0 Å². The first-order valence-electron chi connectivity index (χ1n) is 6.15. The van der Waals surface area contributed by atoms with Gasteiger partial charge >= 0.3 is 0 Å². The lowest BCUT2D eigenvalue weighted by atomic mass is 10.0. The summed E-state index contributed by atoms with van der Waals surface area (Å²) in [6, 6.07) is 20.0. The van der Waals surface area contributed by atoms with Gasteiger partial charge in [-0.3, -0.25) is 9.69 Å². The topological polar surface area (TPSA) is 20.1 Å². The number of ketones is 1. The maximum absolute atomic E-state index is 12.4. The molecule has 18 heavy (non-hydrogen) atoms. The molecule has 0 N–H and O–H groups in total. The minimum Gasteiger partial charge on any atom is -0.292 e. The Kier molecular flexibility index (Phi) is 2.73. The first-order valence-corrected chi connectivity index (χ1v) is 6.15. The van der Waals surface area contributed by atoms with Crippen LogP contribution in [0.1, 0.15) is 22.0 Å². The molecule has 0 radical (unpaired) electrons. The molecule has 1 aliphatic rings. The first-order chi connectivity index (χ1) is 8.79. The highest BCUT2D eigenvalue weighted by Gasteiger charge is 2.50. The summed E-state index contributed by atoms with van der Waals surface area (Å²) in [6.07, 6.45) is 0. The molecular formula is C16H15NO. The van der Waals surface area contributed by atoms with Crippen molar-refractivity contribution in [2.75, 3.05) is 7.05 Å². The molecule has 0 bridgehead atoms. The lowest BCUT2D eigenvalue weighted by Gasteiger charge is -1.98. The molecular weight excluding hydrogens is 222 g/mol. The third kappa shape index (κ3) is 1.85. The number of carbonyl (C=O) groups is 1. The third-order valence-corrected chi connectivity index (χ3v) is 3.55. The molecule has 1 fully saturated rings. The van der Waals surface area contributed by atoms with Crippen molar-refractivity contribution in [3.63, 3.8) is 0 Å². The Bertz CT molecular complexity index is 550. The number of carbonyl (C=O) groups excluding carboxylic acids is 1. The number of Topliss-reactive ketones (excluding diaryl/α,β-unsaturated/α-hetero) is 1. The van der Waals surface area contributed by atoms with Gasteiger partial charge in [-0.2, -0.15) is 0 Å². The Morgan fingerprint density at radius 1 is 0.944 bits per heavy atom. The van der Waals surface area contributed by atoms with Crippen molar-refractivity contribution in [1.82, 2.24) is 4.90 Å². The molecule has 0 aliphatic carbocycles. The molecule has 1 aliphatic heterocycles. The van der Waals surface area contributed by atoms with Gasteiger partial charge in [-0.25, -0.2) is 0 Å². The summed E-state index contributed by atoms with van der Waals surface area (Å²) in [7, 11) is 2.00. The summed E-state index contributed by atoms with van der Waals surface area (Å²) >= 11 is 0. The van der Waals surface area contributed by atoms with E-state index in [1.54, 1.807) is 0 Å². The highest BCUT2D eigenvalue weighted by molar-refractivity contribution is 6.02. The molecule has 1 unspecified atom stereocenters. The predicted molar refractivity (Wildman–Crippen MR) is 71.5 cm³/mol. The molecule has 2 heteroatoms. The summed E-state index contributed by atoms with van der Waals surface area (Å²) in [5, 5.41) is 0. The molecule has 2 nitrogen and oxygen atoms in total. The molecule has 0 aromatic heterocycles. The molecule has 0 spiro atoms. The van der Waals surface area contributed by atoms with E-state index in [4.69, 9.17) is 0 Å². The quantitative estimate of drug-likeness (QED) is 0.604. The Hall–Kier alpha value is -1.93. The smallest absolute Gasteiger partial charge is 0.181 e. The van der Waals surface area contributed by atoms with Crippen molar-refractivity contribution in [1.29, 1.82) is 0 Å². The highest BCUT2D eigenvalue weighted by atomic mass is 16.1. The average Bonchev–Trinajstić information content (AvgIpc) is 3.11. The van der Waals surface area contributed by atoms with Gasteiger partial charge in [0.15, 0.2) is 5.78 Å². The fraction of sp³-hybridized carbons (Fsp3) is 0.188. The molecule has 0 saturated carbocycles. The summed E-state index contributed by atoms with van der Waals surface area (Å²) < 4.78 is 0. The Morgan fingerprint density at radius 3 is 2.11 bits per heavy atom. The van der Waals surface area contributed by atoms with E-state index in [1.165, 1.54) is 5.56 Å². The number of likely N-dealkylation sites (N-methyl/N-ethyl adjacent to an activating group) is 1. The average molecular weight is 237 g/mol. The largest absolute Gasteiger partial charge is 0.292 e. The van der Waals surface area contributed by atoms with Crippen LogP contribution in [-0.2, 0) is 0 Å². The van der Waals surface area contributed by atoms with Crippen molar-refractivity contribution < 1.29 is 4.79 Å². The van der Waals surface area contributed by atoms with E-state index in [9.17, 15) is 4.79 Å². The van der Waals surface area contributed by atoms with Gasteiger partial charge < -0.3 is 0 Å². The van der Waals surface area contributed by atoms with E-state index in [0.29, 0.717) is 0 Å². The van der Waals surface area contributed by atoms with Crippen LogP contribution in [0.25, 0.3) is 0 Å². The second-order valence-electron chi connectivity index (χ2n) is 4.70. The van der Waals surface area contributed by atoms with Crippen molar-refractivity contribution in [2.45, 2.75) is 12.1 Å². The molecule has 90 valence electrons. The Morgan fingerprint density at radius 2 is 1.50 bits per heavy atom. The lowest BCUT2D eigenvalue weighted by molar-refractivity contribution is 0.0977. The van der Waals surface area contributed by atoms with Gasteiger partial charge in [-0.1, -0.05) is 60.7 Å². The predicted octanol–water partition coefficient (Wildman–Crippen LogP) is 2.92. The summed E-state index contributed by atoms with van der Waals surface area (Å²) in [5.41, 5.74) is 2.02. The van der Waals surface area contributed by atoms with E-state index in [0.717, 1.165) is 5.56 Å². The summed E-state index contributed by atoms with van der Waals surface area (Å²) in [5.74, 6) is 0.215. The van der Waals surface area contributed by atoms with Crippen LogP contribution in [-0.4, -0.2) is 23.8 Å². The molecule has 0 amide bonds. The Labute approximate surface area is 107 Å². The van der Waals surface area contributed by atoms with Gasteiger partial charge in [0.05, 0.1) is 12.1 Å². The van der Waals surface area contributed by atoms with Crippen molar-refractivity contribution in [2.24, 2.45) is 0 Å². The maximum atomic E-state index is 12.4. The first kappa shape index (κ1) is 11.2. The Balaban J connectivity index is 1.82. The highest BCUT2D eigenvalue weighted by Crippen LogP contribution is 2.42. The zero-order valence-corrected chi connectivity index (χ0v) is 10.3. The van der Waals surface area contributed by atoms with Crippen LogP contribution in [0, 0.1) is 0 Å². The van der Waals surface area contributed by atoms with Crippen LogP contribution in [0.15, 0.2) is 60.7 Å². The zero-order valence-electron chi connectivity index (χ0n) is 10.3. The minimum absolute atomic E-state index is 0.00481. The number of hydrogen-bond donors (Lipinski definition) is 0. The number of benzene rings is 2. The van der Waals surface area contributed by atoms with Gasteiger partial charge in [-0.15, -0.1) is 0 Å². The van der Waals surface area contributed by atoms with Crippen LogP contribution < -0.4 is 0 Å². The van der Waals surface area contributed by atoms with E-state index in [1.807, 2.05) is 55.6 Å². The number of nitrogens with zero attached hydrogens (tertiary/aromatic N) is 1. The van der Waals surface area contributed by atoms with Crippen molar-refractivity contribution in [3.05, 3.63) is 71.8 Å². The number of hydrogen-bond acceptors (Lipinski definition) is 2. The summed E-state index contributed by atoms with van der Waals surface area (Å²) in [4.78, 5) is 14.5. The van der Waals surface area contributed by atoms with Crippen LogP contribution in [0.5, 0.6) is 0 Å². The fourth-order valence-electron chi connectivity index (χ4n) is 2.51. The molecule has 3 atom stereocenters. The third-order valence-electron chi connectivity index (χ3n) is 3.55. The van der Waals surface area contributed by atoms with Gasteiger partial charge in [-0.05, 0) is 12.6 Å². The lowest BCUT2D eigenvalue weighted by Crippen LogP contribution is -2.11. The van der Waals surface area contributed by atoms with Crippen LogP contribution in [0.4, 0.5) is 0 Å². The van der Waals surface area contributed by atoms with E-state index in [-0.39, 0.29) is 17.9 Å². The van der Waals surface area contributed by atoms with Crippen molar-refractivity contribution in [3.8, 4) is 0 Å². The molecule has 1 saturated heterocycles. The van der Waals surface area contributed by atoms with E-state index >= 15 is 0 Å². The van der Waals surface area contributed by atoms with E-state index in [2.05, 4.69) is 17.0 Å². The van der Waals surface area contributed by atoms with Crippen LogP contribution in [0.3, 0.4) is 0 Å². The number of rotatable bonds is 3. The molecule has 3 rings (SSSR count). The molecule has 2 aromatic carbocycles. The standard InChI is InChI=1S/C16H15NO/c1-17-14(12-8-4-2-5-9-12)15(17)16(18)13-10-6-3-7-11-13/h2-11,14-15H,1H3/t14-,15+,17?/m1/s1. The monoisotopic (exact) mass is 237 g/mol. The normalized spacial score (nSPS) is 25.7. The van der Waals surface area contributed by atoms with Crippen molar-refractivity contribution >= 4 is 5.78 Å². The SMILES string of the molecule is CN1[C@H](C(=O)c2ccccc2)[C@H]1c1ccccc1. The summed E-state index contributed by atoms with van der Waals surface area (Å²) in [6.45, 7) is 0. The zero-order chi connectivity index (χ0) is 12.5. The van der Waals surface area contributed by atoms with Gasteiger partial charge in [0, 0.05) is 5.56 Å². The second-order valence-corrected chi connectivity index (χ2v) is 4.70. The maximum Gasteiger partial charge on any atom is 0.181 e. The fourth-order valence-corrected chi connectivity index (χ4v) is 2.51. The molecule has 1 heterocycles. The minimum atomic E-state index is -0.00481.